The number of anilines is 2. The number of benzene rings is 1. The quantitative estimate of drug-likeness (QED) is 0.868. The number of carbonyl (C=O) groups is 1. The van der Waals surface area contributed by atoms with Gasteiger partial charge in [-0.05, 0) is 39.3 Å². The first-order valence-corrected chi connectivity index (χ1v) is 7.87. The van der Waals surface area contributed by atoms with Gasteiger partial charge in [0.2, 0.25) is 0 Å². The highest BCUT2D eigenvalue weighted by atomic mass is 16.6. The van der Waals surface area contributed by atoms with Gasteiger partial charge in [0.15, 0.2) is 0 Å². The van der Waals surface area contributed by atoms with E-state index in [0.717, 1.165) is 31.9 Å². The van der Waals surface area contributed by atoms with Crippen LogP contribution >= 0.6 is 0 Å². The van der Waals surface area contributed by atoms with Gasteiger partial charge in [0.25, 0.3) is 0 Å². The normalized spacial score (nSPS) is 17.7. The number of methoxy groups -OCH3 is 1. The van der Waals surface area contributed by atoms with Gasteiger partial charge >= 0.3 is 6.09 Å². The van der Waals surface area contributed by atoms with E-state index in [1.165, 1.54) is 0 Å². The maximum Gasteiger partial charge on any atom is 0.412 e. The van der Waals surface area contributed by atoms with Crippen molar-refractivity contribution in [2.75, 3.05) is 37.5 Å². The standard InChI is InChI=1S/C17H26N2O4/c1-17(2,3)23-16(20)19-14-6-5-13(9-15(14)21-4)18-10-12-7-8-22-11-12/h5-6,9,12,18H,7-8,10-11H2,1-4H3,(H,19,20). The summed E-state index contributed by atoms with van der Waals surface area (Å²) in [6, 6.07) is 5.57. The zero-order valence-electron chi connectivity index (χ0n) is 14.3. The van der Waals surface area contributed by atoms with Crippen molar-refractivity contribution in [1.29, 1.82) is 0 Å². The minimum atomic E-state index is -0.540. The van der Waals surface area contributed by atoms with Crippen molar-refractivity contribution < 1.29 is 19.0 Å². The number of nitrogens with one attached hydrogen (secondary N) is 2. The molecule has 2 N–H and O–H groups in total. The molecule has 0 aliphatic carbocycles. The molecule has 1 amide bonds. The van der Waals surface area contributed by atoms with Gasteiger partial charge in [0, 0.05) is 30.8 Å². The second-order valence-electron chi connectivity index (χ2n) is 6.65. The molecule has 1 aromatic rings. The van der Waals surface area contributed by atoms with E-state index in [9.17, 15) is 4.79 Å². The van der Waals surface area contributed by atoms with Gasteiger partial charge in [-0.1, -0.05) is 0 Å². The van der Waals surface area contributed by atoms with Crippen LogP contribution in [0.3, 0.4) is 0 Å². The van der Waals surface area contributed by atoms with E-state index >= 15 is 0 Å². The Labute approximate surface area is 137 Å². The Morgan fingerprint density at radius 2 is 2.17 bits per heavy atom. The minimum Gasteiger partial charge on any atom is -0.494 e. The zero-order chi connectivity index (χ0) is 16.9. The minimum absolute atomic E-state index is 0.500. The van der Waals surface area contributed by atoms with Gasteiger partial charge in [-0.2, -0.15) is 0 Å². The molecule has 1 saturated heterocycles. The van der Waals surface area contributed by atoms with Gasteiger partial charge in [-0.15, -0.1) is 0 Å². The van der Waals surface area contributed by atoms with Crippen molar-refractivity contribution >= 4 is 17.5 Å². The third-order valence-corrected chi connectivity index (χ3v) is 3.46. The molecule has 2 rings (SSSR count). The second kappa shape index (κ2) is 7.55. The molecule has 0 radical (unpaired) electrons. The van der Waals surface area contributed by atoms with Crippen LogP contribution in [0.2, 0.25) is 0 Å². The summed E-state index contributed by atoms with van der Waals surface area (Å²) in [6.07, 6.45) is 0.585. The predicted octanol–water partition coefficient (Wildman–Crippen LogP) is 3.49. The van der Waals surface area contributed by atoms with Gasteiger partial charge in [-0.25, -0.2) is 4.79 Å². The Morgan fingerprint density at radius 3 is 2.78 bits per heavy atom. The molecule has 0 spiro atoms. The Hall–Kier alpha value is -1.95. The summed E-state index contributed by atoms with van der Waals surface area (Å²) in [4.78, 5) is 11.9. The molecule has 0 aromatic heterocycles. The van der Waals surface area contributed by atoms with Crippen LogP contribution in [-0.4, -0.2) is 38.6 Å². The first-order chi connectivity index (χ1) is 10.9. The summed E-state index contributed by atoms with van der Waals surface area (Å²) in [5.74, 6) is 1.13. The van der Waals surface area contributed by atoms with Crippen molar-refractivity contribution in [1.82, 2.24) is 0 Å². The molecule has 1 aromatic carbocycles. The number of rotatable bonds is 5. The van der Waals surface area contributed by atoms with E-state index in [1.807, 2.05) is 32.9 Å². The van der Waals surface area contributed by atoms with E-state index < -0.39 is 11.7 Å². The van der Waals surface area contributed by atoms with Crippen molar-refractivity contribution in [3.05, 3.63) is 18.2 Å². The highest BCUT2D eigenvalue weighted by molar-refractivity contribution is 5.87. The monoisotopic (exact) mass is 322 g/mol. The lowest BCUT2D eigenvalue weighted by Crippen LogP contribution is -2.27. The molecule has 0 saturated carbocycles. The summed E-state index contributed by atoms with van der Waals surface area (Å²) in [5, 5.41) is 6.08. The Balaban J connectivity index is 1.96. The van der Waals surface area contributed by atoms with Gasteiger partial charge < -0.3 is 19.5 Å². The van der Waals surface area contributed by atoms with Crippen LogP contribution in [-0.2, 0) is 9.47 Å². The van der Waals surface area contributed by atoms with E-state index in [-0.39, 0.29) is 0 Å². The summed E-state index contributed by atoms with van der Waals surface area (Å²) >= 11 is 0. The molecule has 23 heavy (non-hydrogen) atoms. The van der Waals surface area contributed by atoms with E-state index in [1.54, 1.807) is 13.2 Å². The molecule has 128 valence electrons. The fourth-order valence-corrected chi connectivity index (χ4v) is 2.32. The number of amides is 1. The summed E-state index contributed by atoms with van der Waals surface area (Å²) in [7, 11) is 1.57. The van der Waals surface area contributed by atoms with Crippen molar-refractivity contribution in [3.8, 4) is 5.75 Å². The average molecular weight is 322 g/mol. The largest absolute Gasteiger partial charge is 0.494 e. The van der Waals surface area contributed by atoms with Crippen molar-refractivity contribution in [3.63, 3.8) is 0 Å². The lowest BCUT2D eigenvalue weighted by atomic mass is 10.1. The highest BCUT2D eigenvalue weighted by Crippen LogP contribution is 2.29. The van der Waals surface area contributed by atoms with E-state index in [4.69, 9.17) is 14.2 Å². The molecular weight excluding hydrogens is 296 g/mol. The summed E-state index contributed by atoms with van der Waals surface area (Å²) < 4.78 is 16.0. The van der Waals surface area contributed by atoms with Crippen LogP contribution < -0.4 is 15.4 Å². The van der Waals surface area contributed by atoms with Crippen LogP contribution in [0.15, 0.2) is 18.2 Å². The Bertz CT molecular complexity index is 534. The van der Waals surface area contributed by atoms with Crippen LogP contribution in [0.4, 0.5) is 16.2 Å². The predicted molar refractivity (Wildman–Crippen MR) is 90.3 cm³/mol. The topological polar surface area (TPSA) is 68.8 Å². The first kappa shape index (κ1) is 17.4. The first-order valence-electron chi connectivity index (χ1n) is 7.87. The third kappa shape index (κ3) is 5.63. The van der Waals surface area contributed by atoms with Crippen LogP contribution in [0.1, 0.15) is 27.2 Å². The smallest absolute Gasteiger partial charge is 0.412 e. The molecule has 6 nitrogen and oxygen atoms in total. The third-order valence-electron chi connectivity index (χ3n) is 3.46. The number of hydrogen-bond acceptors (Lipinski definition) is 5. The van der Waals surface area contributed by atoms with E-state index in [2.05, 4.69) is 10.6 Å². The van der Waals surface area contributed by atoms with Crippen molar-refractivity contribution in [2.45, 2.75) is 32.8 Å². The van der Waals surface area contributed by atoms with Gasteiger partial charge in [0.05, 0.1) is 19.4 Å². The fourth-order valence-electron chi connectivity index (χ4n) is 2.32. The molecule has 1 aliphatic heterocycles. The lowest BCUT2D eigenvalue weighted by molar-refractivity contribution is 0.0635. The Kier molecular flexibility index (Phi) is 5.71. The number of ether oxygens (including phenoxy) is 3. The van der Waals surface area contributed by atoms with E-state index in [0.29, 0.717) is 17.4 Å². The molecule has 6 heteroatoms. The SMILES string of the molecule is COc1cc(NCC2CCOC2)ccc1NC(=O)OC(C)(C)C. The van der Waals surface area contributed by atoms with Crippen LogP contribution in [0.25, 0.3) is 0 Å². The lowest BCUT2D eigenvalue weighted by Gasteiger charge is -2.20. The van der Waals surface area contributed by atoms with Crippen molar-refractivity contribution in [2.24, 2.45) is 5.92 Å². The van der Waals surface area contributed by atoms with Gasteiger partial charge in [-0.3, -0.25) is 5.32 Å². The van der Waals surface area contributed by atoms with Gasteiger partial charge in [0.1, 0.15) is 11.4 Å². The summed E-state index contributed by atoms with van der Waals surface area (Å²) in [6.45, 7) is 7.98. The second-order valence-corrected chi connectivity index (χ2v) is 6.65. The molecule has 1 aliphatic rings. The maximum absolute atomic E-state index is 11.9. The van der Waals surface area contributed by atoms with Crippen LogP contribution in [0.5, 0.6) is 5.75 Å². The highest BCUT2D eigenvalue weighted by Gasteiger charge is 2.18. The molecule has 0 bridgehead atoms. The zero-order valence-corrected chi connectivity index (χ0v) is 14.3. The Morgan fingerprint density at radius 1 is 1.39 bits per heavy atom. The average Bonchev–Trinajstić information content (AvgIpc) is 2.97. The molecule has 1 atom stereocenters. The molecule has 1 unspecified atom stereocenters. The maximum atomic E-state index is 11.9. The van der Waals surface area contributed by atoms with Crippen LogP contribution in [0, 0.1) is 5.92 Å². The molecule has 1 heterocycles. The number of carbonyl (C=O) groups excluding carboxylic acids is 1. The molecule has 1 fully saturated rings. The molecular formula is C17H26N2O4. The summed E-state index contributed by atoms with van der Waals surface area (Å²) in [5.41, 5.74) is 0.988. The number of hydrogen-bond donors (Lipinski definition) is 2. The fraction of sp³-hybridized carbons (Fsp3) is 0.588.